The van der Waals surface area contributed by atoms with E-state index < -0.39 is 23.5 Å². The second-order valence-corrected chi connectivity index (χ2v) is 11.0. The first-order valence-electron chi connectivity index (χ1n) is 12.3. The summed E-state index contributed by atoms with van der Waals surface area (Å²) in [5.74, 6) is -1.28. The first-order chi connectivity index (χ1) is 15.9. The average molecular weight is 473 g/mol. The zero-order chi connectivity index (χ0) is 25.3. The Morgan fingerprint density at radius 3 is 2.56 bits per heavy atom. The monoisotopic (exact) mass is 472 g/mol. The van der Waals surface area contributed by atoms with Crippen LogP contribution >= 0.6 is 0 Å². The molecule has 34 heavy (non-hydrogen) atoms. The number of fused-ring (bicyclic) bond motifs is 1. The number of ether oxygens (including phenoxy) is 1. The Morgan fingerprint density at radius 2 is 1.91 bits per heavy atom. The lowest BCUT2D eigenvalue weighted by Gasteiger charge is -2.34. The number of nitrogens with zero attached hydrogens (tertiary/aromatic N) is 1. The molecule has 188 valence electrons. The molecule has 3 heterocycles. The Hall–Kier alpha value is -2.09. The molecule has 0 aliphatic carbocycles. The fourth-order valence-electron chi connectivity index (χ4n) is 5.10. The number of carbonyl (C=O) groups is 2. The van der Waals surface area contributed by atoms with Crippen LogP contribution in [-0.4, -0.2) is 56.8 Å². The molecule has 1 aromatic rings. The molecule has 7 nitrogen and oxygen atoms in total. The minimum atomic E-state index is -1.18. The molecule has 1 aromatic heterocycles. The Morgan fingerprint density at radius 1 is 1.21 bits per heavy atom. The van der Waals surface area contributed by atoms with Crippen LogP contribution in [0.25, 0.3) is 6.08 Å². The molecule has 7 atom stereocenters. The Balaban J connectivity index is 1.90. The van der Waals surface area contributed by atoms with E-state index in [1.807, 2.05) is 45.0 Å². The minimum Gasteiger partial charge on any atom is -0.392 e. The van der Waals surface area contributed by atoms with E-state index in [1.54, 1.807) is 27.0 Å². The Labute approximate surface area is 203 Å². The van der Waals surface area contributed by atoms with Crippen molar-refractivity contribution in [3.05, 3.63) is 35.7 Å². The summed E-state index contributed by atoms with van der Waals surface area (Å²) in [6.07, 6.45) is 3.63. The van der Waals surface area contributed by atoms with Gasteiger partial charge in [-0.3, -0.25) is 14.6 Å². The summed E-state index contributed by atoms with van der Waals surface area (Å²) in [6.45, 7) is 10.9. The van der Waals surface area contributed by atoms with Gasteiger partial charge in [0.1, 0.15) is 11.9 Å². The quantitative estimate of drug-likeness (QED) is 0.570. The van der Waals surface area contributed by atoms with E-state index in [0.29, 0.717) is 0 Å². The maximum Gasteiger partial charge on any atom is 0.223 e. The maximum absolute atomic E-state index is 13.2. The molecular formula is C27H40N2O5. The molecule has 0 bridgehead atoms. The molecule has 0 saturated carbocycles. The third-order valence-corrected chi connectivity index (χ3v) is 7.80. The molecule has 0 aromatic carbocycles. The number of ketones is 1. The lowest BCUT2D eigenvalue weighted by molar-refractivity contribution is -0.143. The van der Waals surface area contributed by atoms with Gasteiger partial charge >= 0.3 is 0 Å². The van der Waals surface area contributed by atoms with Gasteiger partial charge in [0.05, 0.1) is 41.4 Å². The highest BCUT2D eigenvalue weighted by atomic mass is 16.6. The molecule has 0 radical (unpaired) electrons. The van der Waals surface area contributed by atoms with Crippen LogP contribution in [0.15, 0.2) is 30.0 Å². The van der Waals surface area contributed by atoms with E-state index in [1.165, 1.54) is 0 Å². The number of hydrogen-bond donors (Lipinski definition) is 3. The zero-order valence-corrected chi connectivity index (χ0v) is 21.2. The number of nitrogens with one attached hydrogen (secondary N) is 1. The fourth-order valence-corrected chi connectivity index (χ4v) is 5.10. The average Bonchev–Trinajstić information content (AvgIpc) is 3.46. The van der Waals surface area contributed by atoms with Gasteiger partial charge in [-0.2, -0.15) is 0 Å². The number of epoxide rings is 1. The highest BCUT2D eigenvalue weighted by molar-refractivity contribution is 5.88. The van der Waals surface area contributed by atoms with E-state index in [4.69, 9.17) is 4.74 Å². The van der Waals surface area contributed by atoms with Crippen molar-refractivity contribution in [2.75, 3.05) is 0 Å². The van der Waals surface area contributed by atoms with Crippen LogP contribution in [0, 0.1) is 17.3 Å². The number of Topliss-reactive ketones (excluding diaryl/α,β-unsaturated/α-hetero) is 1. The first-order valence-corrected chi connectivity index (χ1v) is 12.3. The van der Waals surface area contributed by atoms with Gasteiger partial charge in [0.25, 0.3) is 0 Å². The number of rotatable bonds is 2. The SMILES string of the molecule is C/C(=C\c1ccccn1)C1NC(=O)CC(O)C(C)(C)C(=O)C(C)C(O)C(C)CCCC2(C)OC12. The Bertz CT molecular complexity index is 915. The van der Waals surface area contributed by atoms with Gasteiger partial charge in [-0.25, -0.2) is 0 Å². The van der Waals surface area contributed by atoms with Crippen molar-refractivity contribution in [3.63, 3.8) is 0 Å². The van der Waals surface area contributed by atoms with E-state index in [-0.39, 0.29) is 41.8 Å². The summed E-state index contributed by atoms with van der Waals surface area (Å²) in [5, 5.41) is 24.8. The molecule has 1 amide bonds. The largest absolute Gasteiger partial charge is 0.392 e. The first kappa shape index (κ1) is 26.5. The number of carbonyl (C=O) groups excluding carboxylic acids is 2. The Kier molecular flexibility index (Phi) is 8.00. The van der Waals surface area contributed by atoms with Gasteiger partial charge in [0, 0.05) is 12.1 Å². The summed E-state index contributed by atoms with van der Waals surface area (Å²) in [6, 6.07) is 5.28. The van der Waals surface area contributed by atoms with E-state index >= 15 is 0 Å². The van der Waals surface area contributed by atoms with Crippen molar-refractivity contribution in [2.24, 2.45) is 17.3 Å². The molecule has 2 aliphatic heterocycles. The number of hydrogen-bond acceptors (Lipinski definition) is 6. The van der Waals surface area contributed by atoms with Gasteiger partial charge in [-0.15, -0.1) is 0 Å². The molecule has 2 saturated heterocycles. The molecule has 7 heteroatoms. The number of aliphatic hydroxyl groups is 2. The number of aromatic nitrogens is 1. The molecule has 2 fully saturated rings. The highest BCUT2D eigenvalue weighted by Crippen LogP contribution is 2.45. The lowest BCUT2D eigenvalue weighted by Crippen LogP contribution is -2.48. The summed E-state index contributed by atoms with van der Waals surface area (Å²) in [7, 11) is 0. The molecule has 3 rings (SSSR count). The van der Waals surface area contributed by atoms with Crippen LogP contribution in [0.3, 0.4) is 0 Å². The van der Waals surface area contributed by atoms with Crippen molar-refractivity contribution >= 4 is 17.8 Å². The van der Waals surface area contributed by atoms with E-state index in [0.717, 1.165) is 30.5 Å². The van der Waals surface area contributed by atoms with Gasteiger partial charge in [0.2, 0.25) is 5.91 Å². The van der Waals surface area contributed by atoms with Crippen LogP contribution < -0.4 is 5.32 Å². The third kappa shape index (κ3) is 5.75. The second-order valence-electron chi connectivity index (χ2n) is 11.0. The summed E-state index contributed by atoms with van der Waals surface area (Å²) in [4.78, 5) is 30.6. The molecule has 3 N–H and O–H groups in total. The van der Waals surface area contributed by atoms with Crippen LogP contribution in [0.2, 0.25) is 0 Å². The number of aliphatic hydroxyl groups excluding tert-OH is 2. The van der Waals surface area contributed by atoms with Gasteiger partial charge in [-0.05, 0) is 56.4 Å². The van der Waals surface area contributed by atoms with Gasteiger partial charge in [-0.1, -0.05) is 40.2 Å². The number of amides is 1. The van der Waals surface area contributed by atoms with Crippen LogP contribution in [0.4, 0.5) is 0 Å². The summed E-state index contributed by atoms with van der Waals surface area (Å²) in [5.41, 5.74) is 0.140. The second kappa shape index (κ2) is 10.3. The van der Waals surface area contributed by atoms with Crippen molar-refractivity contribution in [2.45, 2.75) is 97.2 Å². The third-order valence-electron chi connectivity index (χ3n) is 7.80. The molecule has 0 spiro atoms. The standard InChI is InChI=1S/C27H40N2O5/c1-16-10-9-12-27(6)25(34-27)22(17(2)14-19-11-7-8-13-28-19)29-21(31)15-20(30)26(4,5)24(33)18(3)23(16)32/h7-8,11,13-14,16,18,20,22-23,25,30,32H,9-10,12,15H2,1-6H3,(H,29,31)/b17-14+. The van der Waals surface area contributed by atoms with Crippen LogP contribution in [-0.2, 0) is 14.3 Å². The van der Waals surface area contributed by atoms with Gasteiger partial charge < -0.3 is 20.3 Å². The van der Waals surface area contributed by atoms with Crippen molar-refractivity contribution in [1.29, 1.82) is 0 Å². The lowest BCUT2D eigenvalue weighted by atomic mass is 9.73. The summed E-state index contributed by atoms with van der Waals surface area (Å²) >= 11 is 0. The zero-order valence-electron chi connectivity index (χ0n) is 21.2. The predicted molar refractivity (Wildman–Crippen MR) is 131 cm³/mol. The molecular weight excluding hydrogens is 432 g/mol. The number of pyridine rings is 1. The van der Waals surface area contributed by atoms with Crippen molar-refractivity contribution in [3.8, 4) is 0 Å². The van der Waals surface area contributed by atoms with Gasteiger partial charge in [0.15, 0.2) is 0 Å². The summed E-state index contributed by atoms with van der Waals surface area (Å²) < 4.78 is 6.14. The topological polar surface area (TPSA) is 112 Å². The maximum atomic E-state index is 13.2. The van der Waals surface area contributed by atoms with E-state index in [9.17, 15) is 19.8 Å². The predicted octanol–water partition coefficient (Wildman–Crippen LogP) is 3.29. The minimum absolute atomic E-state index is 0.0702. The van der Waals surface area contributed by atoms with Crippen LogP contribution in [0.1, 0.15) is 72.9 Å². The molecule has 7 unspecified atom stereocenters. The highest BCUT2D eigenvalue weighted by Gasteiger charge is 2.56. The van der Waals surface area contributed by atoms with Crippen LogP contribution in [0.5, 0.6) is 0 Å². The smallest absolute Gasteiger partial charge is 0.223 e. The fraction of sp³-hybridized carbons (Fsp3) is 0.667. The van der Waals surface area contributed by atoms with Crippen molar-refractivity contribution in [1.82, 2.24) is 10.3 Å². The normalized spacial score (nSPS) is 37.7. The molecule has 2 aliphatic rings. The van der Waals surface area contributed by atoms with Crippen molar-refractivity contribution < 1.29 is 24.5 Å². The van der Waals surface area contributed by atoms with E-state index in [2.05, 4.69) is 10.3 Å².